The molecule has 0 heterocycles. The summed E-state index contributed by atoms with van der Waals surface area (Å²) in [7, 11) is 3.24. The number of likely N-dealkylation sites (N-methyl/N-ethyl adjacent to an activating group) is 1. The smallest absolute Gasteiger partial charge is 0.315 e. The Morgan fingerprint density at radius 1 is 1.19 bits per heavy atom. The fraction of sp³-hybridized carbons (Fsp3) is 0.467. The van der Waals surface area contributed by atoms with E-state index in [-0.39, 0.29) is 17.8 Å². The largest absolute Gasteiger partial charge is 0.347 e. The minimum Gasteiger partial charge on any atom is -0.347 e. The van der Waals surface area contributed by atoms with Gasteiger partial charge in [0.15, 0.2) is 0 Å². The monoisotopic (exact) mass is 295 g/mol. The van der Waals surface area contributed by atoms with Crippen LogP contribution in [0.15, 0.2) is 18.2 Å². The Morgan fingerprint density at radius 3 is 2.33 bits per heavy atom. The fourth-order valence-electron chi connectivity index (χ4n) is 1.85. The normalized spacial score (nSPS) is 13.2. The van der Waals surface area contributed by atoms with E-state index in [1.807, 2.05) is 0 Å². The number of amides is 3. The van der Waals surface area contributed by atoms with Crippen LogP contribution in [0, 0.1) is 12.7 Å². The highest BCUT2D eigenvalue weighted by Gasteiger charge is 2.18. The predicted octanol–water partition coefficient (Wildman–Crippen LogP) is 1.97. The maximum absolute atomic E-state index is 13.5. The summed E-state index contributed by atoms with van der Waals surface area (Å²) >= 11 is 0. The third-order valence-electron chi connectivity index (χ3n) is 3.20. The van der Waals surface area contributed by atoms with Crippen LogP contribution in [-0.2, 0) is 4.79 Å². The zero-order valence-corrected chi connectivity index (χ0v) is 13.0. The number of benzene rings is 1. The molecule has 0 bridgehead atoms. The Morgan fingerprint density at radius 2 is 1.81 bits per heavy atom. The van der Waals surface area contributed by atoms with E-state index >= 15 is 0 Å². The molecule has 1 aromatic rings. The Bertz CT molecular complexity index is 532. The summed E-state index contributed by atoms with van der Waals surface area (Å²) in [5.41, 5.74) is 1.22. The standard InChI is InChI=1S/C15H22FN3O2/c1-9-6-7-12(8-13(9)16)10(2)17-15(21)18-11(3)14(20)19(4)5/h6-8,10-11H,1-5H3,(H2,17,18,21)/t10?,11-/m0/s1. The molecule has 0 spiro atoms. The van der Waals surface area contributed by atoms with Crippen LogP contribution in [0.2, 0.25) is 0 Å². The van der Waals surface area contributed by atoms with Gasteiger partial charge in [0.25, 0.3) is 0 Å². The van der Waals surface area contributed by atoms with Crippen LogP contribution in [0.25, 0.3) is 0 Å². The average Bonchev–Trinajstić information content (AvgIpc) is 2.40. The number of carbonyl (C=O) groups excluding carboxylic acids is 2. The van der Waals surface area contributed by atoms with Crippen molar-refractivity contribution in [3.63, 3.8) is 0 Å². The van der Waals surface area contributed by atoms with Gasteiger partial charge in [0, 0.05) is 14.1 Å². The molecule has 0 radical (unpaired) electrons. The molecule has 1 unspecified atom stereocenters. The molecule has 6 heteroatoms. The van der Waals surface area contributed by atoms with Gasteiger partial charge in [-0.05, 0) is 38.0 Å². The van der Waals surface area contributed by atoms with Crippen LogP contribution >= 0.6 is 0 Å². The van der Waals surface area contributed by atoms with Crippen LogP contribution in [0.1, 0.15) is 31.0 Å². The van der Waals surface area contributed by atoms with Crippen molar-refractivity contribution in [3.05, 3.63) is 35.1 Å². The lowest BCUT2D eigenvalue weighted by molar-refractivity contribution is -0.130. The second-order valence-electron chi connectivity index (χ2n) is 5.30. The number of hydrogen-bond acceptors (Lipinski definition) is 2. The molecule has 0 aliphatic carbocycles. The summed E-state index contributed by atoms with van der Waals surface area (Å²) < 4.78 is 13.5. The SMILES string of the molecule is Cc1ccc(C(C)NC(=O)N[C@@H](C)C(=O)N(C)C)cc1F. The second kappa shape index (κ2) is 7.06. The quantitative estimate of drug-likeness (QED) is 0.892. The lowest BCUT2D eigenvalue weighted by Gasteiger charge is -2.20. The first-order valence-electron chi connectivity index (χ1n) is 6.76. The van der Waals surface area contributed by atoms with Gasteiger partial charge >= 0.3 is 6.03 Å². The van der Waals surface area contributed by atoms with Crippen molar-refractivity contribution in [1.82, 2.24) is 15.5 Å². The molecule has 5 nitrogen and oxygen atoms in total. The number of nitrogens with zero attached hydrogens (tertiary/aromatic N) is 1. The summed E-state index contributed by atoms with van der Waals surface area (Å²) in [5, 5.41) is 5.23. The number of halogens is 1. The molecule has 0 saturated heterocycles. The minimum atomic E-state index is -0.623. The highest BCUT2D eigenvalue weighted by molar-refractivity contribution is 5.86. The molecule has 21 heavy (non-hydrogen) atoms. The number of urea groups is 1. The Balaban J connectivity index is 2.61. The van der Waals surface area contributed by atoms with E-state index < -0.39 is 12.1 Å². The van der Waals surface area contributed by atoms with Crippen molar-refractivity contribution < 1.29 is 14.0 Å². The highest BCUT2D eigenvalue weighted by atomic mass is 19.1. The fourth-order valence-corrected chi connectivity index (χ4v) is 1.85. The number of nitrogens with one attached hydrogen (secondary N) is 2. The van der Waals surface area contributed by atoms with Gasteiger partial charge in [-0.2, -0.15) is 0 Å². The van der Waals surface area contributed by atoms with Crippen molar-refractivity contribution in [2.45, 2.75) is 32.9 Å². The van der Waals surface area contributed by atoms with Gasteiger partial charge in [-0.25, -0.2) is 9.18 Å². The first kappa shape index (κ1) is 16.9. The summed E-state index contributed by atoms with van der Waals surface area (Å²) in [5.74, 6) is -0.503. The lowest BCUT2D eigenvalue weighted by atomic mass is 10.1. The third kappa shape index (κ3) is 4.73. The van der Waals surface area contributed by atoms with E-state index in [4.69, 9.17) is 0 Å². The molecule has 0 fully saturated rings. The molecule has 3 amide bonds. The van der Waals surface area contributed by atoms with Gasteiger partial charge in [0.1, 0.15) is 11.9 Å². The minimum absolute atomic E-state index is 0.195. The van der Waals surface area contributed by atoms with Crippen molar-refractivity contribution in [2.75, 3.05) is 14.1 Å². The third-order valence-corrected chi connectivity index (χ3v) is 3.20. The Kier molecular flexibility index (Phi) is 5.69. The highest BCUT2D eigenvalue weighted by Crippen LogP contribution is 2.16. The molecule has 0 aliphatic heterocycles. The van der Waals surface area contributed by atoms with E-state index in [0.29, 0.717) is 11.1 Å². The summed E-state index contributed by atoms with van der Waals surface area (Å²) in [4.78, 5) is 24.9. The van der Waals surface area contributed by atoms with Gasteiger partial charge in [-0.15, -0.1) is 0 Å². The lowest BCUT2D eigenvalue weighted by Crippen LogP contribution is -2.48. The molecule has 0 saturated carbocycles. The van der Waals surface area contributed by atoms with Crippen LogP contribution < -0.4 is 10.6 Å². The second-order valence-corrected chi connectivity index (χ2v) is 5.30. The van der Waals surface area contributed by atoms with Gasteiger partial charge in [0.2, 0.25) is 5.91 Å². The molecule has 2 N–H and O–H groups in total. The van der Waals surface area contributed by atoms with Crippen LogP contribution in [0.4, 0.5) is 9.18 Å². The van der Waals surface area contributed by atoms with Crippen molar-refractivity contribution in [1.29, 1.82) is 0 Å². The van der Waals surface area contributed by atoms with E-state index in [2.05, 4.69) is 10.6 Å². The molecule has 1 rings (SSSR count). The van der Waals surface area contributed by atoms with Gasteiger partial charge in [-0.3, -0.25) is 4.79 Å². The van der Waals surface area contributed by atoms with Crippen LogP contribution in [0.3, 0.4) is 0 Å². The number of carbonyl (C=O) groups is 2. The average molecular weight is 295 g/mol. The molecule has 0 aromatic heterocycles. The van der Waals surface area contributed by atoms with Crippen LogP contribution in [-0.4, -0.2) is 37.0 Å². The zero-order chi connectivity index (χ0) is 16.2. The predicted molar refractivity (Wildman–Crippen MR) is 79.4 cm³/mol. The van der Waals surface area contributed by atoms with Crippen molar-refractivity contribution in [2.24, 2.45) is 0 Å². The van der Waals surface area contributed by atoms with Crippen molar-refractivity contribution >= 4 is 11.9 Å². The molecule has 116 valence electrons. The first-order valence-corrected chi connectivity index (χ1v) is 6.76. The molecular weight excluding hydrogens is 273 g/mol. The molecular formula is C15H22FN3O2. The van der Waals surface area contributed by atoms with Gasteiger partial charge in [0.05, 0.1) is 6.04 Å². The van der Waals surface area contributed by atoms with E-state index in [0.717, 1.165) is 0 Å². The summed E-state index contributed by atoms with van der Waals surface area (Å²) in [6.45, 7) is 5.04. The molecule has 2 atom stereocenters. The van der Waals surface area contributed by atoms with E-state index in [1.165, 1.54) is 11.0 Å². The maximum atomic E-state index is 13.5. The summed E-state index contributed by atoms with van der Waals surface area (Å²) in [6.07, 6.45) is 0. The number of aryl methyl sites for hydroxylation is 1. The maximum Gasteiger partial charge on any atom is 0.315 e. The van der Waals surface area contributed by atoms with Gasteiger partial charge < -0.3 is 15.5 Å². The molecule has 1 aromatic carbocycles. The first-order chi connectivity index (χ1) is 9.72. The van der Waals surface area contributed by atoms with E-state index in [1.54, 1.807) is 47.0 Å². The topological polar surface area (TPSA) is 61.4 Å². The van der Waals surface area contributed by atoms with Gasteiger partial charge in [-0.1, -0.05) is 12.1 Å². The molecule has 0 aliphatic rings. The summed E-state index contributed by atoms with van der Waals surface area (Å²) in [6, 6.07) is 3.38. The van der Waals surface area contributed by atoms with Crippen molar-refractivity contribution in [3.8, 4) is 0 Å². The zero-order valence-electron chi connectivity index (χ0n) is 13.0. The Labute approximate surface area is 124 Å². The van der Waals surface area contributed by atoms with E-state index in [9.17, 15) is 14.0 Å². The Hall–Kier alpha value is -2.11. The number of rotatable bonds is 4. The number of hydrogen-bond donors (Lipinski definition) is 2. The van der Waals surface area contributed by atoms with Crippen LogP contribution in [0.5, 0.6) is 0 Å².